The molecule has 0 radical (unpaired) electrons. The van der Waals surface area contributed by atoms with Gasteiger partial charge in [0.05, 0.1) is 5.60 Å². The highest BCUT2D eigenvalue weighted by Crippen LogP contribution is 2.39. The molecular weight excluding hydrogens is 240 g/mol. The van der Waals surface area contributed by atoms with Crippen LogP contribution in [-0.2, 0) is 6.42 Å². The lowest BCUT2D eigenvalue weighted by atomic mass is 10.0. The van der Waals surface area contributed by atoms with Crippen LogP contribution in [0.3, 0.4) is 0 Å². The summed E-state index contributed by atoms with van der Waals surface area (Å²) in [7, 11) is 0. The van der Waals surface area contributed by atoms with E-state index in [-0.39, 0.29) is 5.60 Å². The van der Waals surface area contributed by atoms with Gasteiger partial charge >= 0.3 is 0 Å². The SMILES string of the molecule is Cc1ccc(Br)c(CCC2(O)CC2)c1. The molecule has 0 atom stereocenters. The molecule has 1 aromatic rings. The second-order valence-electron chi connectivity index (χ2n) is 4.32. The van der Waals surface area contributed by atoms with E-state index in [9.17, 15) is 5.11 Å². The first-order valence-electron chi connectivity index (χ1n) is 5.06. The van der Waals surface area contributed by atoms with E-state index in [1.165, 1.54) is 11.1 Å². The number of aryl methyl sites for hydroxylation is 2. The van der Waals surface area contributed by atoms with Gasteiger partial charge in [0.25, 0.3) is 0 Å². The average Bonchev–Trinajstić information content (AvgIpc) is 2.87. The van der Waals surface area contributed by atoms with E-state index >= 15 is 0 Å². The highest BCUT2D eigenvalue weighted by molar-refractivity contribution is 9.10. The van der Waals surface area contributed by atoms with Crippen LogP contribution in [0.5, 0.6) is 0 Å². The summed E-state index contributed by atoms with van der Waals surface area (Å²) in [5.74, 6) is 0. The maximum absolute atomic E-state index is 9.73. The van der Waals surface area contributed by atoms with Gasteiger partial charge in [-0.2, -0.15) is 0 Å². The van der Waals surface area contributed by atoms with Crippen LogP contribution in [0.4, 0.5) is 0 Å². The third-order valence-corrected chi connectivity index (χ3v) is 3.66. The zero-order valence-corrected chi connectivity index (χ0v) is 9.97. The fraction of sp³-hybridized carbons (Fsp3) is 0.500. The van der Waals surface area contributed by atoms with Gasteiger partial charge in [-0.25, -0.2) is 0 Å². The Kier molecular flexibility index (Phi) is 2.67. The zero-order chi connectivity index (χ0) is 10.2. The molecule has 0 spiro atoms. The number of hydrogen-bond acceptors (Lipinski definition) is 1. The van der Waals surface area contributed by atoms with Crippen LogP contribution in [0.2, 0.25) is 0 Å². The summed E-state index contributed by atoms with van der Waals surface area (Å²) in [6.45, 7) is 2.10. The van der Waals surface area contributed by atoms with E-state index in [4.69, 9.17) is 0 Å². The van der Waals surface area contributed by atoms with Crippen molar-refractivity contribution in [2.24, 2.45) is 0 Å². The first kappa shape index (κ1) is 10.2. The Balaban J connectivity index is 2.04. The van der Waals surface area contributed by atoms with Gasteiger partial charge in [-0.15, -0.1) is 0 Å². The summed E-state index contributed by atoms with van der Waals surface area (Å²) in [6, 6.07) is 6.37. The predicted octanol–water partition coefficient (Wildman–Crippen LogP) is 3.22. The number of rotatable bonds is 3. The molecule has 0 unspecified atom stereocenters. The molecule has 2 rings (SSSR count). The van der Waals surface area contributed by atoms with Crippen molar-refractivity contribution in [3.8, 4) is 0 Å². The van der Waals surface area contributed by atoms with Crippen LogP contribution in [0, 0.1) is 6.92 Å². The Morgan fingerprint density at radius 1 is 1.43 bits per heavy atom. The molecule has 1 aliphatic rings. The first-order valence-corrected chi connectivity index (χ1v) is 5.86. The van der Waals surface area contributed by atoms with Crippen molar-refractivity contribution in [2.75, 3.05) is 0 Å². The van der Waals surface area contributed by atoms with Gasteiger partial charge in [-0.1, -0.05) is 33.6 Å². The Morgan fingerprint density at radius 2 is 2.14 bits per heavy atom. The fourth-order valence-electron chi connectivity index (χ4n) is 1.66. The minimum Gasteiger partial charge on any atom is -0.390 e. The van der Waals surface area contributed by atoms with Crippen LogP contribution in [0.25, 0.3) is 0 Å². The smallest absolute Gasteiger partial charge is 0.0653 e. The van der Waals surface area contributed by atoms with Crippen molar-refractivity contribution in [3.05, 3.63) is 33.8 Å². The number of halogens is 1. The van der Waals surface area contributed by atoms with Crippen molar-refractivity contribution >= 4 is 15.9 Å². The van der Waals surface area contributed by atoms with E-state index in [1.807, 2.05) is 0 Å². The summed E-state index contributed by atoms with van der Waals surface area (Å²) >= 11 is 3.54. The van der Waals surface area contributed by atoms with E-state index in [1.54, 1.807) is 0 Å². The monoisotopic (exact) mass is 254 g/mol. The molecule has 0 aromatic heterocycles. The standard InChI is InChI=1S/C12H15BrO/c1-9-2-3-11(13)10(8-9)4-5-12(14)6-7-12/h2-3,8,14H,4-7H2,1H3. The van der Waals surface area contributed by atoms with Crippen molar-refractivity contribution < 1.29 is 5.11 Å². The van der Waals surface area contributed by atoms with Crippen LogP contribution in [0.1, 0.15) is 30.4 Å². The van der Waals surface area contributed by atoms with Gasteiger partial charge in [0, 0.05) is 4.47 Å². The van der Waals surface area contributed by atoms with Crippen molar-refractivity contribution in [1.29, 1.82) is 0 Å². The topological polar surface area (TPSA) is 20.2 Å². The highest BCUT2D eigenvalue weighted by atomic mass is 79.9. The number of hydrogen-bond donors (Lipinski definition) is 1. The van der Waals surface area contributed by atoms with E-state index in [2.05, 4.69) is 41.1 Å². The summed E-state index contributed by atoms with van der Waals surface area (Å²) in [5, 5.41) is 9.73. The molecule has 0 amide bonds. The largest absolute Gasteiger partial charge is 0.390 e. The molecule has 0 saturated heterocycles. The lowest BCUT2D eigenvalue weighted by molar-refractivity contribution is 0.140. The van der Waals surface area contributed by atoms with Gasteiger partial charge in [0.2, 0.25) is 0 Å². The van der Waals surface area contributed by atoms with Crippen LogP contribution in [-0.4, -0.2) is 10.7 Å². The van der Waals surface area contributed by atoms with Gasteiger partial charge in [-0.05, 0) is 44.2 Å². The van der Waals surface area contributed by atoms with E-state index in [0.29, 0.717) is 0 Å². The third kappa shape index (κ3) is 2.37. The van der Waals surface area contributed by atoms with Crippen LogP contribution < -0.4 is 0 Å². The molecule has 2 heteroatoms. The number of benzene rings is 1. The molecule has 1 aromatic carbocycles. The zero-order valence-electron chi connectivity index (χ0n) is 8.39. The predicted molar refractivity (Wildman–Crippen MR) is 61.4 cm³/mol. The Labute approximate surface area is 93.3 Å². The third-order valence-electron chi connectivity index (χ3n) is 2.89. The van der Waals surface area contributed by atoms with Crippen molar-refractivity contribution in [1.82, 2.24) is 0 Å². The molecule has 14 heavy (non-hydrogen) atoms. The van der Waals surface area contributed by atoms with Crippen LogP contribution >= 0.6 is 15.9 Å². The molecule has 76 valence electrons. The molecule has 1 fully saturated rings. The summed E-state index contributed by atoms with van der Waals surface area (Å²) in [4.78, 5) is 0. The second kappa shape index (κ2) is 3.67. The first-order chi connectivity index (χ1) is 6.59. The van der Waals surface area contributed by atoms with E-state index in [0.717, 1.165) is 30.2 Å². The molecule has 1 saturated carbocycles. The maximum atomic E-state index is 9.73. The summed E-state index contributed by atoms with van der Waals surface area (Å²) in [6.07, 6.45) is 3.83. The van der Waals surface area contributed by atoms with Crippen molar-refractivity contribution in [2.45, 2.75) is 38.2 Å². The maximum Gasteiger partial charge on any atom is 0.0653 e. The van der Waals surface area contributed by atoms with Gasteiger partial charge < -0.3 is 5.11 Å². The van der Waals surface area contributed by atoms with Crippen LogP contribution in [0.15, 0.2) is 22.7 Å². The van der Waals surface area contributed by atoms with Gasteiger partial charge in [0.15, 0.2) is 0 Å². The minimum absolute atomic E-state index is 0.330. The molecule has 1 aliphatic carbocycles. The van der Waals surface area contributed by atoms with Gasteiger partial charge in [-0.3, -0.25) is 0 Å². The molecule has 0 bridgehead atoms. The van der Waals surface area contributed by atoms with E-state index < -0.39 is 0 Å². The Bertz CT molecular complexity index is 342. The number of aliphatic hydroxyl groups is 1. The molecule has 1 N–H and O–H groups in total. The Morgan fingerprint density at radius 3 is 2.79 bits per heavy atom. The lowest BCUT2D eigenvalue weighted by Gasteiger charge is -2.09. The lowest BCUT2D eigenvalue weighted by Crippen LogP contribution is -2.07. The fourth-order valence-corrected chi connectivity index (χ4v) is 2.10. The molecule has 0 heterocycles. The molecule has 0 aliphatic heterocycles. The normalized spacial score (nSPS) is 18.2. The quantitative estimate of drug-likeness (QED) is 0.879. The summed E-state index contributed by atoms with van der Waals surface area (Å²) in [5.41, 5.74) is 2.26. The average molecular weight is 255 g/mol. The highest BCUT2D eigenvalue weighted by Gasteiger charge is 2.39. The molecule has 1 nitrogen and oxygen atoms in total. The minimum atomic E-state index is -0.330. The molecular formula is C12H15BrO. The van der Waals surface area contributed by atoms with Gasteiger partial charge in [0.1, 0.15) is 0 Å². The van der Waals surface area contributed by atoms with Crippen molar-refractivity contribution in [3.63, 3.8) is 0 Å². The second-order valence-corrected chi connectivity index (χ2v) is 5.17. The summed E-state index contributed by atoms with van der Waals surface area (Å²) < 4.78 is 1.16. The Hall–Kier alpha value is -0.340.